The maximum atomic E-state index is 5.43. The summed E-state index contributed by atoms with van der Waals surface area (Å²) in [5, 5.41) is 9.74. The van der Waals surface area contributed by atoms with Gasteiger partial charge in [0.25, 0.3) is 0 Å². The van der Waals surface area contributed by atoms with E-state index >= 15 is 0 Å². The zero-order valence-electron chi connectivity index (χ0n) is 8.98. The normalized spacial score (nSPS) is 23.1. The fourth-order valence-corrected chi connectivity index (χ4v) is 2.43. The first-order valence-corrected chi connectivity index (χ1v) is 6.33. The van der Waals surface area contributed by atoms with Crippen molar-refractivity contribution in [3.05, 3.63) is 11.1 Å². The molecule has 0 aliphatic carbocycles. The Morgan fingerprint density at radius 2 is 2.67 bits per heavy atom. The van der Waals surface area contributed by atoms with Gasteiger partial charge in [0.2, 0.25) is 0 Å². The summed E-state index contributed by atoms with van der Waals surface area (Å²) in [5.74, 6) is 0.556. The second-order valence-electron chi connectivity index (χ2n) is 3.89. The molecule has 1 aromatic rings. The molecule has 2 heterocycles. The van der Waals surface area contributed by atoms with Gasteiger partial charge in [-0.15, -0.1) is 5.10 Å². The monoisotopic (exact) mass is 227 g/mol. The van der Waals surface area contributed by atoms with Gasteiger partial charge in [-0.2, -0.15) is 0 Å². The molecule has 4 nitrogen and oxygen atoms in total. The molecule has 5 heteroatoms. The Kier molecular flexibility index (Phi) is 4.05. The molecule has 2 atom stereocenters. The summed E-state index contributed by atoms with van der Waals surface area (Å²) in [7, 11) is 0. The molecule has 1 aliphatic rings. The number of rotatable bonds is 5. The molecular weight excluding hydrogens is 210 g/mol. The van der Waals surface area contributed by atoms with E-state index in [9.17, 15) is 0 Å². The van der Waals surface area contributed by atoms with Crippen molar-refractivity contribution in [1.82, 2.24) is 14.9 Å². The van der Waals surface area contributed by atoms with Crippen LogP contribution in [0, 0.1) is 5.92 Å². The predicted octanol–water partition coefficient (Wildman–Crippen LogP) is 1.62. The maximum Gasteiger partial charge on any atom is 0.0928 e. The summed E-state index contributed by atoms with van der Waals surface area (Å²) in [6.07, 6.45) is 2.26. The van der Waals surface area contributed by atoms with E-state index in [-0.39, 0.29) is 0 Å². The first kappa shape index (κ1) is 11.0. The number of hydrogen-bond donors (Lipinski definition) is 1. The van der Waals surface area contributed by atoms with Crippen LogP contribution < -0.4 is 5.32 Å². The smallest absolute Gasteiger partial charge is 0.0928 e. The minimum Gasteiger partial charge on any atom is -0.381 e. The van der Waals surface area contributed by atoms with E-state index in [1.54, 1.807) is 0 Å². The van der Waals surface area contributed by atoms with Crippen LogP contribution in [0.1, 0.15) is 31.5 Å². The molecule has 2 unspecified atom stereocenters. The van der Waals surface area contributed by atoms with E-state index in [4.69, 9.17) is 4.74 Å². The molecule has 0 bridgehead atoms. The molecule has 1 N–H and O–H groups in total. The second kappa shape index (κ2) is 5.53. The molecule has 2 rings (SSSR count). The van der Waals surface area contributed by atoms with Gasteiger partial charge < -0.3 is 10.1 Å². The molecule has 1 aromatic heterocycles. The summed E-state index contributed by atoms with van der Waals surface area (Å²) in [5.41, 5.74) is 1.07. The van der Waals surface area contributed by atoms with Crippen molar-refractivity contribution in [2.45, 2.75) is 25.8 Å². The molecular formula is C10H17N3OS. The lowest BCUT2D eigenvalue weighted by atomic mass is 9.97. The molecule has 1 aliphatic heterocycles. The lowest BCUT2D eigenvalue weighted by molar-refractivity contribution is 0.176. The van der Waals surface area contributed by atoms with Crippen molar-refractivity contribution < 1.29 is 4.74 Å². The number of nitrogens with one attached hydrogen (secondary N) is 1. The number of aromatic nitrogens is 2. The summed E-state index contributed by atoms with van der Waals surface area (Å²) in [6, 6.07) is 0.325. The molecule has 15 heavy (non-hydrogen) atoms. The van der Waals surface area contributed by atoms with Crippen LogP contribution >= 0.6 is 11.5 Å². The molecule has 0 radical (unpaired) electrons. The fourth-order valence-electron chi connectivity index (χ4n) is 1.94. The van der Waals surface area contributed by atoms with E-state index in [0.717, 1.165) is 38.3 Å². The van der Waals surface area contributed by atoms with Gasteiger partial charge in [0.15, 0.2) is 0 Å². The highest BCUT2D eigenvalue weighted by Crippen LogP contribution is 2.27. The summed E-state index contributed by atoms with van der Waals surface area (Å²) >= 11 is 1.42. The third kappa shape index (κ3) is 2.74. The van der Waals surface area contributed by atoms with Gasteiger partial charge in [-0.3, -0.25) is 0 Å². The minimum absolute atomic E-state index is 0.325. The van der Waals surface area contributed by atoms with Crippen molar-refractivity contribution in [3.8, 4) is 0 Å². The molecule has 0 amide bonds. The van der Waals surface area contributed by atoms with Crippen LogP contribution in [-0.4, -0.2) is 29.3 Å². The van der Waals surface area contributed by atoms with Crippen LogP contribution in [0.5, 0.6) is 0 Å². The average molecular weight is 227 g/mol. The second-order valence-corrected chi connectivity index (χ2v) is 4.50. The highest BCUT2D eigenvalue weighted by molar-refractivity contribution is 7.03. The van der Waals surface area contributed by atoms with Gasteiger partial charge in [0.1, 0.15) is 0 Å². The number of hydrogen-bond acceptors (Lipinski definition) is 5. The van der Waals surface area contributed by atoms with Crippen LogP contribution in [0.2, 0.25) is 0 Å². The van der Waals surface area contributed by atoms with Crippen molar-refractivity contribution in [1.29, 1.82) is 0 Å². The minimum atomic E-state index is 0.325. The summed E-state index contributed by atoms with van der Waals surface area (Å²) in [4.78, 5) is 0. The Morgan fingerprint density at radius 1 is 1.73 bits per heavy atom. The topological polar surface area (TPSA) is 47.0 Å². The molecule has 84 valence electrons. The zero-order chi connectivity index (χ0) is 10.5. The molecule has 1 fully saturated rings. The van der Waals surface area contributed by atoms with E-state index < -0.39 is 0 Å². The third-order valence-corrected chi connectivity index (χ3v) is 3.27. The van der Waals surface area contributed by atoms with Crippen molar-refractivity contribution in [3.63, 3.8) is 0 Å². The van der Waals surface area contributed by atoms with Crippen LogP contribution in [0.4, 0.5) is 0 Å². The standard InChI is InChI=1S/C10H17N3OS/c1-2-4-11-10(8-3-5-14-6-8)9-7-15-13-12-9/h7-8,10-11H,2-6H2,1H3. The number of nitrogens with zero attached hydrogens (tertiary/aromatic N) is 2. The van der Waals surface area contributed by atoms with Crippen LogP contribution in [-0.2, 0) is 4.74 Å². The van der Waals surface area contributed by atoms with Crippen LogP contribution in [0.3, 0.4) is 0 Å². The SMILES string of the molecule is CCCNC(c1csnn1)C1CCOC1. The predicted molar refractivity (Wildman–Crippen MR) is 59.9 cm³/mol. The summed E-state index contributed by atoms with van der Waals surface area (Å²) in [6.45, 7) is 4.93. The molecule has 1 saturated heterocycles. The highest BCUT2D eigenvalue weighted by atomic mass is 32.1. The fraction of sp³-hybridized carbons (Fsp3) is 0.800. The maximum absolute atomic E-state index is 5.43. The van der Waals surface area contributed by atoms with Crippen molar-refractivity contribution in [2.24, 2.45) is 5.92 Å². The van der Waals surface area contributed by atoms with E-state index in [0.29, 0.717) is 12.0 Å². The average Bonchev–Trinajstić information content (AvgIpc) is 2.90. The van der Waals surface area contributed by atoms with E-state index in [2.05, 4.69) is 21.8 Å². The van der Waals surface area contributed by atoms with Gasteiger partial charge in [0, 0.05) is 17.9 Å². The summed E-state index contributed by atoms with van der Waals surface area (Å²) < 4.78 is 9.36. The Bertz CT molecular complexity index is 272. The van der Waals surface area contributed by atoms with Crippen molar-refractivity contribution in [2.75, 3.05) is 19.8 Å². The van der Waals surface area contributed by atoms with Gasteiger partial charge in [0.05, 0.1) is 18.3 Å². The van der Waals surface area contributed by atoms with Gasteiger partial charge in [-0.1, -0.05) is 11.4 Å². The van der Waals surface area contributed by atoms with Crippen molar-refractivity contribution >= 4 is 11.5 Å². The quantitative estimate of drug-likeness (QED) is 0.830. The van der Waals surface area contributed by atoms with E-state index in [1.165, 1.54) is 11.5 Å². The molecule has 0 aromatic carbocycles. The zero-order valence-corrected chi connectivity index (χ0v) is 9.80. The lowest BCUT2D eigenvalue weighted by Gasteiger charge is -2.21. The molecule has 0 spiro atoms. The lowest BCUT2D eigenvalue weighted by Crippen LogP contribution is -2.29. The first-order chi connectivity index (χ1) is 7.42. The third-order valence-electron chi connectivity index (χ3n) is 2.75. The van der Waals surface area contributed by atoms with Gasteiger partial charge in [-0.25, -0.2) is 0 Å². The van der Waals surface area contributed by atoms with E-state index in [1.807, 2.05) is 5.38 Å². The van der Waals surface area contributed by atoms with Crippen LogP contribution in [0.15, 0.2) is 5.38 Å². The highest BCUT2D eigenvalue weighted by Gasteiger charge is 2.28. The Morgan fingerprint density at radius 3 is 3.27 bits per heavy atom. The van der Waals surface area contributed by atoms with Gasteiger partial charge >= 0.3 is 0 Å². The molecule has 0 saturated carbocycles. The Balaban J connectivity index is 2.01. The van der Waals surface area contributed by atoms with Gasteiger partial charge in [-0.05, 0) is 30.9 Å². The largest absolute Gasteiger partial charge is 0.381 e. The van der Waals surface area contributed by atoms with Crippen LogP contribution in [0.25, 0.3) is 0 Å². The first-order valence-electron chi connectivity index (χ1n) is 5.50. The Hall–Kier alpha value is -0.520. The Labute approximate surface area is 94.2 Å². The number of ether oxygens (including phenoxy) is 1.